The predicted octanol–water partition coefficient (Wildman–Crippen LogP) is 4.37. The average molecular weight is 438 g/mol. The van der Waals surface area contributed by atoms with Crippen molar-refractivity contribution in [2.45, 2.75) is 32.7 Å². The number of anilines is 1. The molecule has 2 amide bonds. The van der Waals surface area contributed by atoms with Crippen molar-refractivity contribution in [3.63, 3.8) is 0 Å². The number of nitrogens with zero attached hydrogens (tertiary/aromatic N) is 4. The van der Waals surface area contributed by atoms with E-state index >= 15 is 0 Å². The first-order valence-electron chi connectivity index (χ1n) is 11.1. The Hall–Kier alpha value is -4.00. The minimum atomic E-state index is -0.332. The molecular weight excluding hydrogens is 414 g/mol. The molecule has 0 unspecified atom stereocenters. The van der Waals surface area contributed by atoms with Gasteiger partial charge in [0.05, 0.1) is 28.7 Å². The van der Waals surface area contributed by atoms with Gasteiger partial charge in [-0.1, -0.05) is 12.1 Å². The summed E-state index contributed by atoms with van der Waals surface area (Å²) in [5.74, 6) is -0.828. The molecule has 0 saturated carbocycles. The van der Waals surface area contributed by atoms with E-state index in [4.69, 9.17) is 0 Å². The Kier molecular flexibility index (Phi) is 4.17. The van der Waals surface area contributed by atoms with E-state index in [-0.39, 0.29) is 30.3 Å². The number of carbonyl (C=O) groups is 2. The Labute approximate surface area is 190 Å². The van der Waals surface area contributed by atoms with E-state index in [1.807, 2.05) is 30.3 Å². The molecule has 0 saturated heterocycles. The van der Waals surface area contributed by atoms with Crippen molar-refractivity contribution in [1.82, 2.24) is 19.4 Å². The van der Waals surface area contributed by atoms with Gasteiger partial charge in [0, 0.05) is 54.2 Å². The summed E-state index contributed by atoms with van der Waals surface area (Å²) in [5.41, 5.74) is 7.05. The second kappa shape index (κ2) is 7.00. The summed E-state index contributed by atoms with van der Waals surface area (Å²) in [6.45, 7) is 5.99. The van der Waals surface area contributed by atoms with Gasteiger partial charge in [0.15, 0.2) is 0 Å². The van der Waals surface area contributed by atoms with Crippen LogP contribution in [-0.2, 0) is 9.59 Å². The highest BCUT2D eigenvalue weighted by Crippen LogP contribution is 2.47. The molecule has 7 nitrogen and oxygen atoms in total. The summed E-state index contributed by atoms with van der Waals surface area (Å²) in [4.78, 5) is 36.0. The second-order valence-corrected chi connectivity index (χ2v) is 8.95. The molecule has 2 aliphatic rings. The fourth-order valence-corrected chi connectivity index (χ4v) is 5.17. The zero-order chi connectivity index (χ0) is 22.9. The first-order valence-corrected chi connectivity index (χ1v) is 11.1. The molecule has 2 aromatic heterocycles. The number of rotatable bonds is 2. The monoisotopic (exact) mass is 437 g/mol. The quantitative estimate of drug-likeness (QED) is 0.504. The minimum absolute atomic E-state index is 0.243. The molecule has 4 aromatic rings. The fraction of sp³-hybridized carbons (Fsp3) is 0.231. The third-order valence-corrected chi connectivity index (χ3v) is 6.65. The molecule has 0 radical (unpaired) electrons. The van der Waals surface area contributed by atoms with Crippen LogP contribution in [0, 0.1) is 0 Å². The van der Waals surface area contributed by atoms with E-state index in [2.05, 4.69) is 46.0 Å². The van der Waals surface area contributed by atoms with Gasteiger partial charge in [0.1, 0.15) is 0 Å². The molecule has 33 heavy (non-hydrogen) atoms. The number of imide groups is 1. The highest BCUT2D eigenvalue weighted by molar-refractivity contribution is 6.11. The molecule has 164 valence electrons. The minimum Gasteiger partial charge on any atom is -0.356 e. The van der Waals surface area contributed by atoms with Crippen molar-refractivity contribution in [1.29, 1.82) is 0 Å². The van der Waals surface area contributed by atoms with Crippen molar-refractivity contribution >= 4 is 39.4 Å². The maximum absolute atomic E-state index is 13.6. The molecule has 0 aliphatic carbocycles. The van der Waals surface area contributed by atoms with Gasteiger partial charge in [-0.05, 0) is 49.2 Å². The maximum Gasteiger partial charge on any atom is 0.259 e. The van der Waals surface area contributed by atoms with Gasteiger partial charge >= 0.3 is 0 Å². The number of fused-ring (bicyclic) bond motifs is 1. The molecule has 1 atom stereocenters. The molecule has 4 heterocycles. The molecule has 0 bridgehead atoms. The number of amides is 2. The summed E-state index contributed by atoms with van der Waals surface area (Å²) in [5, 5.41) is 4.62. The molecule has 2 aliphatic heterocycles. The Morgan fingerprint density at radius 2 is 1.91 bits per heavy atom. The highest BCUT2D eigenvalue weighted by atomic mass is 16.2. The van der Waals surface area contributed by atoms with Crippen molar-refractivity contribution in [3.8, 4) is 0 Å². The lowest BCUT2D eigenvalue weighted by Gasteiger charge is -2.20. The Morgan fingerprint density at radius 1 is 1.12 bits per heavy atom. The molecular formula is C26H23N5O2. The zero-order valence-corrected chi connectivity index (χ0v) is 18.7. The van der Waals surface area contributed by atoms with Crippen LogP contribution in [0.15, 0.2) is 66.3 Å². The second-order valence-electron chi connectivity index (χ2n) is 8.95. The van der Waals surface area contributed by atoms with Crippen LogP contribution in [-0.4, -0.2) is 37.8 Å². The number of benzene rings is 2. The molecule has 7 heteroatoms. The van der Waals surface area contributed by atoms with E-state index in [1.54, 1.807) is 12.4 Å². The van der Waals surface area contributed by atoms with Gasteiger partial charge in [-0.3, -0.25) is 24.5 Å². The summed E-state index contributed by atoms with van der Waals surface area (Å²) < 4.78 is 2.25. The first-order chi connectivity index (χ1) is 15.9. The van der Waals surface area contributed by atoms with Crippen molar-refractivity contribution in [3.05, 3.63) is 77.4 Å². The van der Waals surface area contributed by atoms with E-state index in [0.29, 0.717) is 5.57 Å². The smallest absolute Gasteiger partial charge is 0.259 e. The number of carbonyl (C=O) groups excluding carboxylic acids is 2. The van der Waals surface area contributed by atoms with Crippen LogP contribution in [0.2, 0.25) is 0 Å². The lowest BCUT2D eigenvalue weighted by Crippen LogP contribution is -2.33. The molecule has 6 rings (SSSR count). The summed E-state index contributed by atoms with van der Waals surface area (Å²) in [7, 11) is 0. The molecule has 0 fully saturated rings. The van der Waals surface area contributed by atoms with Crippen LogP contribution in [0.5, 0.6) is 0 Å². The predicted molar refractivity (Wildman–Crippen MR) is 127 cm³/mol. The number of hydrogen-bond acceptors (Lipinski definition) is 5. The molecule has 1 N–H and O–H groups in total. The van der Waals surface area contributed by atoms with E-state index in [1.165, 1.54) is 11.8 Å². The summed E-state index contributed by atoms with van der Waals surface area (Å²) in [6.07, 6.45) is 5.50. The lowest BCUT2D eigenvalue weighted by atomic mass is 9.84. The number of nitrogens with one attached hydrogen (secondary N) is 1. The summed E-state index contributed by atoms with van der Waals surface area (Å²) >= 11 is 0. The zero-order valence-electron chi connectivity index (χ0n) is 18.7. The SMILES string of the molecule is CC(=O)N1CC2=C(C1=O)[C@H](c1ccc3nccnc3c1)c1cn(C(C)C)c3cccc(c13)N2. The standard InChI is InChI=1S/C26H23N5O2/c1-14(2)30-12-17-23(16-7-8-18-20(11-16)28-10-9-27-18)25-21(13-31(15(3)32)26(25)33)29-19-5-4-6-22(30)24(17)19/h4-12,14,23,29H,13H2,1-3H3/t23-/m1/s1. The van der Waals surface area contributed by atoms with Gasteiger partial charge in [0.25, 0.3) is 5.91 Å². The maximum atomic E-state index is 13.6. The van der Waals surface area contributed by atoms with Crippen molar-refractivity contribution in [2.75, 3.05) is 11.9 Å². The Balaban J connectivity index is 1.67. The Bertz CT molecular complexity index is 1510. The lowest BCUT2D eigenvalue weighted by molar-refractivity contribution is -0.139. The van der Waals surface area contributed by atoms with Crippen LogP contribution in [0.4, 0.5) is 5.69 Å². The van der Waals surface area contributed by atoms with Crippen LogP contribution in [0.25, 0.3) is 21.9 Å². The third kappa shape index (κ3) is 2.81. The topological polar surface area (TPSA) is 80.1 Å². The van der Waals surface area contributed by atoms with Crippen LogP contribution in [0.1, 0.15) is 43.9 Å². The van der Waals surface area contributed by atoms with Gasteiger partial charge in [-0.25, -0.2) is 0 Å². The first kappa shape index (κ1) is 19.7. The molecule has 2 aromatic carbocycles. The fourth-order valence-electron chi connectivity index (χ4n) is 5.17. The number of hydrogen-bond donors (Lipinski definition) is 1. The largest absolute Gasteiger partial charge is 0.356 e. The van der Waals surface area contributed by atoms with Crippen molar-refractivity contribution < 1.29 is 9.59 Å². The van der Waals surface area contributed by atoms with E-state index in [9.17, 15) is 9.59 Å². The van der Waals surface area contributed by atoms with Crippen LogP contribution in [0.3, 0.4) is 0 Å². The van der Waals surface area contributed by atoms with Gasteiger partial charge in [-0.15, -0.1) is 0 Å². The van der Waals surface area contributed by atoms with Gasteiger partial charge in [-0.2, -0.15) is 0 Å². The third-order valence-electron chi connectivity index (χ3n) is 6.65. The van der Waals surface area contributed by atoms with Gasteiger partial charge < -0.3 is 9.88 Å². The van der Waals surface area contributed by atoms with E-state index < -0.39 is 0 Å². The normalized spacial score (nSPS) is 17.6. The summed E-state index contributed by atoms with van der Waals surface area (Å²) in [6, 6.07) is 12.4. The number of aromatic nitrogens is 3. The van der Waals surface area contributed by atoms with Crippen LogP contribution < -0.4 is 5.32 Å². The van der Waals surface area contributed by atoms with Gasteiger partial charge in [0.2, 0.25) is 5.91 Å². The highest BCUT2D eigenvalue weighted by Gasteiger charge is 2.41. The Morgan fingerprint density at radius 3 is 2.67 bits per heavy atom. The average Bonchev–Trinajstić information content (AvgIpc) is 3.29. The van der Waals surface area contributed by atoms with E-state index in [0.717, 1.165) is 44.4 Å². The molecule has 0 spiro atoms. The van der Waals surface area contributed by atoms with Crippen LogP contribution >= 0.6 is 0 Å². The van der Waals surface area contributed by atoms with Crippen molar-refractivity contribution in [2.24, 2.45) is 0 Å².